The predicted molar refractivity (Wildman–Crippen MR) is 126 cm³/mol. The standard InChI is InChI=1S/C24H31N5O5/c1-30-11-9-25-21-8-7-17(14-26-21)23-27-24(34-28-23)18-6-5-10-29(18)15-16-12-19(31-2)22(33-4)20(13-16)32-3/h7-8,12-14,18H,5-6,9-11,15H2,1-4H3,(H,25,26)/t18-/m1/s1. The van der Waals surface area contributed by atoms with Crippen LogP contribution >= 0.6 is 0 Å². The van der Waals surface area contributed by atoms with Gasteiger partial charge in [0.25, 0.3) is 0 Å². The summed E-state index contributed by atoms with van der Waals surface area (Å²) < 4.78 is 27.2. The Kier molecular flexibility index (Phi) is 7.81. The molecule has 0 bridgehead atoms. The third-order valence-corrected chi connectivity index (χ3v) is 5.83. The van der Waals surface area contributed by atoms with E-state index in [9.17, 15) is 0 Å². The first kappa shape index (κ1) is 23.8. The van der Waals surface area contributed by atoms with Gasteiger partial charge in [0.05, 0.1) is 34.0 Å². The summed E-state index contributed by atoms with van der Waals surface area (Å²) >= 11 is 0. The molecule has 182 valence electrons. The Bertz CT molecular complexity index is 1050. The van der Waals surface area contributed by atoms with Gasteiger partial charge < -0.3 is 28.8 Å². The SMILES string of the molecule is COCCNc1ccc(-c2noc([C@H]3CCCN3Cc3cc(OC)c(OC)c(OC)c3)n2)cn1. The van der Waals surface area contributed by atoms with Crippen LogP contribution in [-0.2, 0) is 11.3 Å². The summed E-state index contributed by atoms with van der Waals surface area (Å²) in [4.78, 5) is 11.4. The van der Waals surface area contributed by atoms with E-state index in [4.69, 9.17) is 23.5 Å². The summed E-state index contributed by atoms with van der Waals surface area (Å²) in [5, 5.41) is 7.40. The Labute approximate surface area is 199 Å². The van der Waals surface area contributed by atoms with Gasteiger partial charge in [-0.2, -0.15) is 4.98 Å². The number of hydrogen-bond acceptors (Lipinski definition) is 10. The van der Waals surface area contributed by atoms with Crippen molar-refractivity contribution in [1.29, 1.82) is 0 Å². The molecule has 1 fully saturated rings. The maximum Gasteiger partial charge on any atom is 0.244 e. The largest absolute Gasteiger partial charge is 0.493 e. The van der Waals surface area contributed by atoms with Gasteiger partial charge in [-0.15, -0.1) is 0 Å². The number of nitrogens with one attached hydrogen (secondary N) is 1. The molecule has 4 rings (SSSR count). The average molecular weight is 470 g/mol. The monoisotopic (exact) mass is 469 g/mol. The zero-order valence-electron chi connectivity index (χ0n) is 20.0. The van der Waals surface area contributed by atoms with E-state index in [1.165, 1.54) is 0 Å². The van der Waals surface area contributed by atoms with E-state index in [-0.39, 0.29) is 6.04 Å². The first-order valence-corrected chi connectivity index (χ1v) is 11.2. The van der Waals surface area contributed by atoms with Crippen molar-refractivity contribution in [2.24, 2.45) is 0 Å². The van der Waals surface area contributed by atoms with Crippen LogP contribution in [0.2, 0.25) is 0 Å². The fourth-order valence-corrected chi connectivity index (χ4v) is 4.16. The smallest absolute Gasteiger partial charge is 0.244 e. The first-order valence-electron chi connectivity index (χ1n) is 11.2. The number of aromatic nitrogens is 3. The second kappa shape index (κ2) is 11.2. The maximum atomic E-state index is 5.67. The summed E-state index contributed by atoms with van der Waals surface area (Å²) in [5.74, 6) is 3.78. The Morgan fingerprint density at radius 2 is 1.88 bits per heavy atom. The minimum Gasteiger partial charge on any atom is -0.493 e. The second-order valence-corrected chi connectivity index (χ2v) is 7.97. The van der Waals surface area contributed by atoms with Crippen LogP contribution in [0.15, 0.2) is 35.0 Å². The molecule has 0 radical (unpaired) electrons. The van der Waals surface area contributed by atoms with Crippen molar-refractivity contribution in [1.82, 2.24) is 20.0 Å². The van der Waals surface area contributed by atoms with E-state index < -0.39 is 0 Å². The lowest BCUT2D eigenvalue weighted by molar-refractivity contribution is 0.200. The molecule has 0 aliphatic carbocycles. The Morgan fingerprint density at radius 3 is 2.53 bits per heavy atom. The van der Waals surface area contributed by atoms with Gasteiger partial charge >= 0.3 is 0 Å². The summed E-state index contributed by atoms with van der Waals surface area (Å²) in [7, 11) is 6.51. The van der Waals surface area contributed by atoms with Gasteiger partial charge in [-0.3, -0.25) is 4.90 Å². The van der Waals surface area contributed by atoms with Crippen LogP contribution in [0.1, 0.15) is 30.3 Å². The van der Waals surface area contributed by atoms with Crippen LogP contribution in [0, 0.1) is 0 Å². The number of anilines is 1. The highest BCUT2D eigenvalue weighted by Gasteiger charge is 2.31. The molecule has 1 aromatic carbocycles. The van der Waals surface area contributed by atoms with Crippen LogP contribution in [0.25, 0.3) is 11.4 Å². The van der Waals surface area contributed by atoms with Gasteiger partial charge in [0.1, 0.15) is 5.82 Å². The highest BCUT2D eigenvalue weighted by Crippen LogP contribution is 2.40. The lowest BCUT2D eigenvalue weighted by Gasteiger charge is -2.22. The normalized spacial score (nSPS) is 15.9. The Hall–Kier alpha value is -3.37. The van der Waals surface area contributed by atoms with Crippen molar-refractivity contribution in [3.63, 3.8) is 0 Å². The molecule has 2 aromatic heterocycles. The van der Waals surface area contributed by atoms with Gasteiger partial charge in [0.15, 0.2) is 11.5 Å². The van der Waals surface area contributed by atoms with Gasteiger partial charge in [-0.1, -0.05) is 5.16 Å². The molecule has 0 amide bonds. The molecule has 0 spiro atoms. The van der Waals surface area contributed by atoms with E-state index in [0.29, 0.717) is 48.7 Å². The van der Waals surface area contributed by atoms with Crippen molar-refractivity contribution in [3.05, 3.63) is 41.9 Å². The van der Waals surface area contributed by atoms with Crippen molar-refractivity contribution in [3.8, 4) is 28.6 Å². The second-order valence-electron chi connectivity index (χ2n) is 7.97. The molecule has 1 atom stereocenters. The molecular formula is C24H31N5O5. The van der Waals surface area contributed by atoms with Gasteiger partial charge in [-0.05, 0) is 49.2 Å². The van der Waals surface area contributed by atoms with E-state index >= 15 is 0 Å². The Morgan fingerprint density at radius 1 is 1.09 bits per heavy atom. The molecule has 0 unspecified atom stereocenters. The third kappa shape index (κ3) is 5.23. The number of ether oxygens (including phenoxy) is 4. The topological polar surface area (TPSA) is 104 Å². The van der Waals surface area contributed by atoms with E-state index in [1.807, 2.05) is 24.3 Å². The minimum absolute atomic E-state index is 0.0447. The summed E-state index contributed by atoms with van der Waals surface area (Å²) in [6.07, 6.45) is 3.75. The molecule has 3 aromatic rings. The van der Waals surface area contributed by atoms with E-state index in [2.05, 4.69) is 25.3 Å². The molecule has 10 heteroatoms. The number of hydrogen-bond donors (Lipinski definition) is 1. The summed E-state index contributed by atoms with van der Waals surface area (Å²) in [6.45, 7) is 2.94. The highest BCUT2D eigenvalue weighted by molar-refractivity contribution is 5.55. The highest BCUT2D eigenvalue weighted by atomic mass is 16.5. The van der Waals surface area contributed by atoms with Crippen LogP contribution in [0.5, 0.6) is 17.2 Å². The predicted octanol–water partition coefficient (Wildman–Crippen LogP) is 3.55. The van der Waals surface area contributed by atoms with E-state index in [1.54, 1.807) is 34.6 Å². The number of benzene rings is 1. The minimum atomic E-state index is 0.0447. The molecule has 1 N–H and O–H groups in total. The quantitative estimate of drug-likeness (QED) is 0.419. The fraction of sp³-hybridized carbons (Fsp3) is 0.458. The van der Waals surface area contributed by atoms with Crippen molar-refractivity contribution < 1.29 is 23.5 Å². The average Bonchev–Trinajstić information content (AvgIpc) is 3.53. The lowest BCUT2D eigenvalue weighted by atomic mass is 10.1. The maximum absolute atomic E-state index is 5.67. The van der Waals surface area contributed by atoms with Crippen LogP contribution in [0.4, 0.5) is 5.82 Å². The summed E-state index contributed by atoms with van der Waals surface area (Å²) in [5.41, 5.74) is 1.86. The summed E-state index contributed by atoms with van der Waals surface area (Å²) in [6, 6.07) is 7.82. The zero-order chi connectivity index (χ0) is 23.9. The van der Waals surface area contributed by atoms with Crippen molar-refractivity contribution in [2.75, 3.05) is 53.5 Å². The zero-order valence-corrected chi connectivity index (χ0v) is 20.0. The molecule has 10 nitrogen and oxygen atoms in total. The van der Waals surface area contributed by atoms with E-state index in [0.717, 1.165) is 36.3 Å². The molecule has 3 heterocycles. The molecule has 0 saturated carbocycles. The van der Waals surface area contributed by atoms with Crippen LogP contribution in [-0.4, -0.2) is 68.2 Å². The van der Waals surface area contributed by atoms with Crippen molar-refractivity contribution in [2.45, 2.75) is 25.4 Å². The lowest BCUT2D eigenvalue weighted by Crippen LogP contribution is -2.23. The molecule has 1 aliphatic heterocycles. The number of pyridine rings is 1. The molecule has 34 heavy (non-hydrogen) atoms. The fourth-order valence-electron chi connectivity index (χ4n) is 4.16. The van der Waals surface area contributed by atoms with Crippen molar-refractivity contribution >= 4 is 5.82 Å². The van der Waals surface area contributed by atoms with Crippen LogP contribution < -0.4 is 19.5 Å². The molecular weight excluding hydrogens is 438 g/mol. The van der Waals surface area contributed by atoms with Gasteiger partial charge in [-0.25, -0.2) is 4.98 Å². The number of rotatable bonds is 11. The Balaban J connectivity index is 1.47. The number of nitrogens with zero attached hydrogens (tertiary/aromatic N) is 4. The van der Waals surface area contributed by atoms with Crippen LogP contribution in [0.3, 0.4) is 0 Å². The van der Waals surface area contributed by atoms with Gasteiger partial charge in [0.2, 0.25) is 17.5 Å². The number of methoxy groups -OCH3 is 4. The third-order valence-electron chi connectivity index (χ3n) is 5.83. The first-order chi connectivity index (χ1) is 16.7. The number of likely N-dealkylation sites (tertiary alicyclic amines) is 1. The molecule has 1 aliphatic rings. The van der Waals surface area contributed by atoms with Gasteiger partial charge in [0, 0.05) is 32.0 Å². The molecule has 1 saturated heterocycles.